The van der Waals surface area contributed by atoms with Gasteiger partial charge in [0.1, 0.15) is 0 Å². The Morgan fingerprint density at radius 1 is 1.36 bits per heavy atom. The van der Waals surface area contributed by atoms with E-state index in [0.29, 0.717) is 11.3 Å². The molecule has 0 saturated carbocycles. The second kappa shape index (κ2) is 4.05. The summed E-state index contributed by atoms with van der Waals surface area (Å²) in [6.07, 6.45) is 0.771. The van der Waals surface area contributed by atoms with Crippen LogP contribution in [0.15, 0.2) is 12.1 Å². The molecule has 1 aromatic carbocycles. The van der Waals surface area contributed by atoms with Gasteiger partial charge in [-0.2, -0.15) is 0 Å². The number of carbonyl (C=O) groups is 2. The molecule has 0 aliphatic carbocycles. The molecule has 0 fully saturated rings. The molecule has 74 valence electrons. The molecule has 0 radical (unpaired) electrons. The lowest BCUT2D eigenvalue weighted by Crippen LogP contribution is -2.09. The maximum atomic E-state index is 10.9. The van der Waals surface area contributed by atoms with Crippen molar-refractivity contribution in [2.24, 2.45) is 0 Å². The average Bonchev–Trinajstić information content (AvgIpc) is 2.11. The van der Waals surface area contributed by atoms with Gasteiger partial charge < -0.3 is 5.32 Å². The van der Waals surface area contributed by atoms with Gasteiger partial charge in [-0.1, -0.05) is 6.07 Å². The molecule has 0 aliphatic rings. The van der Waals surface area contributed by atoms with Crippen molar-refractivity contribution in [1.29, 1.82) is 0 Å². The summed E-state index contributed by atoms with van der Waals surface area (Å²) in [5, 5.41) is 2.62. The highest BCUT2D eigenvalue weighted by atomic mass is 16.1. The van der Waals surface area contributed by atoms with Crippen LogP contribution in [0.3, 0.4) is 0 Å². The van der Waals surface area contributed by atoms with Crippen molar-refractivity contribution in [1.82, 2.24) is 0 Å². The summed E-state index contributed by atoms with van der Waals surface area (Å²) in [5.74, 6) is -0.170. The third-order valence-corrected chi connectivity index (χ3v) is 2.21. The minimum atomic E-state index is -0.170. The maximum absolute atomic E-state index is 10.9. The van der Waals surface area contributed by atoms with Crippen LogP contribution < -0.4 is 5.32 Å². The summed E-state index contributed by atoms with van der Waals surface area (Å²) in [5.41, 5.74) is 3.09. The van der Waals surface area contributed by atoms with Gasteiger partial charge in [-0.15, -0.1) is 0 Å². The normalized spacial score (nSPS) is 9.64. The maximum Gasteiger partial charge on any atom is 0.221 e. The highest BCUT2D eigenvalue weighted by molar-refractivity contribution is 5.96. The average molecular weight is 191 g/mol. The van der Waals surface area contributed by atoms with Gasteiger partial charge >= 0.3 is 0 Å². The Bertz CT molecular complexity index is 383. The van der Waals surface area contributed by atoms with Crippen molar-refractivity contribution >= 4 is 17.9 Å². The molecule has 0 saturated heterocycles. The molecule has 0 spiro atoms. The number of hydrogen-bond donors (Lipinski definition) is 1. The Morgan fingerprint density at radius 3 is 2.50 bits per heavy atom. The number of nitrogens with one attached hydrogen (secondary N) is 1. The smallest absolute Gasteiger partial charge is 0.221 e. The number of rotatable bonds is 2. The highest BCUT2D eigenvalue weighted by Crippen LogP contribution is 2.20. The Balaban J connectivity index is 3.23. The molecular weight excluding hydrogens is 178 g/mol. The summed E-state index contributed by atoms with van der Waals surface area (Å²) in [6, 6.07) is 3.63. The second-order valence-corrected chi connectivity index (χ2v) is 3.27. The van der Waals surface area contributed by atoms with Gasteiger partial charge in [0.05, 0.1) is 5.69 Å². The number of carbonyl (C=O) groups excluding carboxylic acids is 2. The molecule has 0 heterocycles. The molecule has 0 aliphatic heterocycles. The zero-order valence-corrected chi connectivity index (χ0v) is 8.55. The summed E-state index contributed by atoms with van der Waals surface area (Å²) >= 11 is 0. The monoisotopic (exact) mass is 191 g/mol. The van der Waals surface area contributed by atoms with E-state index in [1.807, 2.05) is 19.9 Å². The van der Waals surface area contributed by atoms with Gasteiger partial charge in [-0.3, -0.25) is 9.59 Å². The molecule has 0 bridgehead atoms. The minimum absolute atomic E-state index is 0.170. The Kier molecular flexibility index (Phi) is 3.02. The molecule has 0 atom stereocenters. The van der Waals surface area contributed by atoms with Crippen LogP contribution >= 0.6 is 0 Å². The molecule has 0 unspecified atom stereocenters. The number of aldehydes is 1. The van der Waals surface area contributed by atoms with Crippen LogP contribution in [0.2, 0.25) is 0 Å². The van der Waals surface area contributed by atoms with E-state index < -0.39 is 0 Å². The van der Waals surface area contributed by atoms with E-state index in [1.54, 1.807) is 6.07 Å². The predicted molar refractivity (Wildman–Crippen MR) is 55.6 cm³/mol. The van der Waals surface area contributed by atoms with E-state index in [-0.39, 0.29) is 5.91 Å². The van der Waals surface area contributed by atoms with Gasteiger partial charge in [-0.25, -0.2) is 0 Å². The Labute approximate surface area is 83.1 Å². The van der Waals surface area contributed by atoms with Crippen LogP contribution in [0, 0.1) is 13.8 Å². The third kappa shape index (κ3) is 1.99. The molecule has 3 heteroatoms. The lowest BCUT2D eigenvalue weighted by molar-refractivity contribution is -0.114. The lowest BCUT2D eigenvalue weighted by atomic mass is 10.0. The number of anilines is 1. The van der Waals surface area contributed by atoms with Crippen molar-refractivity contribution in [3.05, 3.63) is 28.8 Å². The fourth-order valence-corrected chi connectivity index (χ4v) is 1.29. The number of aryl methyl sites for hydroxylation is 1. The summed E-state index contributed by atoms with van der Waals surface area (Å²) in [7, 11) is 0. The number of amides is 1. The molecule has 3 nitrogen and oxygen atoms in total. The predicted octanol–water partition coefficient (Wildman–Crippen LogP) is 2.07. The number of hydrogen-bond acceptors (Lipinski definition) is 2. The second-order valence-electron chi connectivity index (χ2n) is 3.27. The first-order valence-corrected chi connectivity index (χ1v) is 4.39. The Hall–Kier alpha value is -1.64. The van der Waals surface area contributed by atoms with E-state index in [1.165, 1.54) is 6.92 Å². The number of benzene rings is 1. The molecule has 1 amide bonds. The van der Waals surface area contributed by atoms with Crippen LogP contribution in [-0.4, -0.2) is 12.2 Å². The lowest BCUT2D eigenvalue weighted by Gasteiger charge is -2.09. The van der Waals surface area contributed by atoms with Crippen molar-refractivity contribution in [2.45, 2.75) is 20.8 Å². The van der Waals surface area contributed by atoms with Crippen LogP contribution in [0.25, 0.3) is 0 Å². The summed E-state index contributed by atoms with van der Waals surface area (Å²) < 4.78 is 0. The van der Waals surface area contributed by atoms with Crippen molar-refractivity contribution < 1.29 is 9.59 Å². The van der Waals surface area contributed by atoms with E-state index in [9.17, 15) is 9.59 Å². The van der Waals surface area contributed by atoms with Gasteiger partial charge in [0.25, 0.3) is 0 Å². The fourth-order valence-electron chi connectivity index (χ4n) is 1.29. The van der Waals surface area contributed by atoms with Gasteiger partial charge in [0.15, 0.2) is 6.29 Å². The Morgan fingerprint density at radius 2 is 2.00 bits per heavy atom. The zero-order valence-electron chi connectivity index (χ0n) is 8.55. The van der Waals surface area contributed by atoms with Crippen LogP contribution in [0.5, 0.6) is 0 Å². The fraction of sp³-hybridized carbons (Fsp3) is 0.273. The molecule has 1 N–H and O–H groups in total. The van der Waals surface area contributed by atoms with Crippen molar-refractivity contribution in [3.8, 4) is 0 Å². The van der Waals surface area contributed by atoms with Crippen molar-refractivity contribution in [2.75, 3.05) is 5.32 Å². The standard InChI is InChI=1S/C11H13NO2/c1-7-4-5-11(12-9(3)14)10(6-13)8(7)2/h4-6H,1-3H3,(H,12,14). The molecule has 0 aromatic heterocycles. The zero-order chi connectivity index (χ0) is 10.7. The van der Waals surface area contributed by atoms with Crippen LogP contribution in [0.1, 0.15) is 28.4 Å². The minimum Gasteiger partial charge on any atom is -0.326 e. The van der Waals surface area contributed by atoms with Gasteiger partial charge in [0.2, 0.25) is 5.91 Å². The van der Waals surface area contributed by atoms with E-state index in [4.69, 9.17) is 0 Å². The molecular formula is C11H13NO2. The first-order valence-electron chi connectivity index (χ1n) is 4.39. The van der Waals surface area contributed by atoms with E-state index >= 15 is 0 Å². The van der Waals surface area contributed by atoms with Gasteiger partial charge in [0, 0.05) is 12.5 Å². The summed E-state index contributed by atoms with van der Waals surface area (Å²) in [4.78, 5) is 21.7. The third-order valence-electron chi connectivity index (χ3n) is 2.21. The molecule has 1 aromatic rings. The van der Waals surface area contributed by atoms with Crippen LogP contribution in [-0.2, 0) is 4.79 Å². The first kappa shape index (κ1) is 10.4. The molecule has 1 rings (SSSR count). The summed E-state index contributed by atoms with van der Waals surface area (Å²) in [6.45, 7) is 5.22. The van der Waals surface area contributed by atoms with E-state index in [0.717, 1.165) is 17.4 Å². The topological polar surface area (TPSA) is 46.2 Å². The largest absolute Gasteiger partial charge is 0.326 e. The first-order chi connectivity index (χ1) is 6.56. The van der Waals surface area contributed by atoms with Crippen molar-refractivity contribution in [3.63, 3.8) is 0 Å². The molecule has 14 heavy (non-hydrogen) atoms. The van der Waals surface area contributed by atoms with Crippen LogP contribution in [0.4, 0.5) is 5.69 Å². The highest BCUT2D eigenvalue weighted by Gasteiger charge is 2.07. The van der Waals surface area contributed by atoms with Gasteiger partial charge in [-0.05, 0) is 31.0 Å². The van der Waals surface area contributed by atoms with E-state index in [2.05, 4.69) is 5.32 Å². The quantitative estimate of drug-likeness (QED) is 0.727. The SMILES string of the molecule is CC(=O)Nc1ccc(C)c(C)c1C=O.